The molecule has 0 bridgehead atoms. The largest absolute Gasteiger partial charge is 0.494 e. The summed E-state index contributed by atoms with van der Waals surface area (Å²) < 4.78 is 11.0. The second kappa shape index (κ2) is 7.92. The Labute approximate surface area is 133 Å². The SMILES string of the molecule is CCOc1ccc(/C=N/Nc2nc(=O)[nH]nc2C)c(OCC)c1. The zero-order chi connectivity index (χ0) is 16.7. The summed E-state index contributed by atoms with van der Waals surface area (Å²) >= 11 is 0. The van der Waals surface area contributed by atoms with Gasteiger partial charge in [0.1, 0.15) is 17.2 Å². The van der Waals surface area contributed by atoms with Gasteiger partial charge in [-0.1, -0.05) is 0 Å². The van der Waals surface area contributed by atoms with Crippen LogP contribution >= 0.6 is 0 Å². The van der Waals surface area contributed by atoms with Crippen LogP contribution in [0.15, 0.2) is 28.1 Å². The third kappa shape index (κ3) is 4.53. The number of hydrogen-bond donors (Lipinski definition) is 2. The van der Waals surface area contributed by atoms with Crippen LogP contribution in [-0.4, -0.2) is 34.6 Å². The predicted octanol–water partition coefficient (Wildman–Crippen LogP) is 1.72. The van der Waals surface area contributed by atoms with Crippen molar-refractivity contribution in [2.24, 2.45) is 5.10 Å². The zero-order valence-electron chi connectivity index (χ0n) is 13.3. The molecule has 0 atom stereocenters. The van der Waals surface area contributed by atoms with Crippen LogP contribution in [0.1, 0.15) is 25.1 Å². The van der Waals surface area contributed by atoms with Gasteiger partial charge in [-0.2, -0.15) is 15.2 Å². The van der Waals surface area contributed by atoms with E-state index in [0.29, 0.717) is 30.5 Å². The fourth-order valence-corrected chi connectivity index (χ4v) is 1.82. The van der Waals surface area contributed by atoms with Crippen molar-refractivity contribution < 1.29 is 9.47 Å². The van der Waals surface area contributed by atoms with Crippen LogP contribution in [0, 0.1) is 6.92 Å². The van der Waals surface area contributed by atoms with Gasteiger partial charge in [0, 0.05) is 11.6 Å². The lowest BCUT2D eigenvalue weighted by Crippen LogP contribution is -2.15. The maximum absolute atomic E-state index is 11.2. The Balaban J connectivity index is 2.17. The number of aromatic amines is 1. The van der Waals surface area contributed by atoms with E-state index in [1.54, 1.807) is 13.1 Å². The van der Waals surface area contributed by atoms with E-state index in [9.17, 15) is 4.79 Å². The van der Waals surface area contributed by atoms with Gasteiger partial charge < -0.3 is 9.47 Å². The molecule has 0 fully saturated rings. The molecule has 0 amide bonds. The van der Waals surface area contributed by atoms with Crippen LogP contribution in [0.3, 0.4) is 0 Å². The Morgan fingerprint density at radius 3 is 2.83 bits per heavy atom. The number of nitrogens with one attached hydrogen (secondary N) is 2. The fraction of sp³-hybridized carbons (Fsp3) is 0.333. The lowest BCUT2D eigenvalue weighted by molar-refractivity contribution is 0.323. The highest BCUT2D eigenvalue weighted by atomic mass is 16.5. The Morgan fingerprint density at radius 2 is 2.09 bits per heavy atom. The van der Waals surface area contributed by atoms with Gasteiger partial charge in [0.25, 0.3) is 0 Å². The number of hydrazone groups is 1. The molecule has 8 heteroatoms. The van der Waals surface area contributed by atoms with E-state index in [1.807, 2.05) is 32.0 Å². The number of rotatable bonds is 7. The van der Waals surface area contributed by atoms with Gasteiger partial charge in [-0.3, -0.25) is 5.43 Å². The van der Waals surface area contributed by atoms with Crippen molar-refractivity contribution in [1.82, 2.24) is 15.2 Å². The molecule has 1 aromatic heterocycles. The normalized spacial score (nSPS) is 10.7. The van der Waals surface area contributed by atoms with Crippen molar-refractivity contribution in [1.29, 1.82) is 0 Å². The van der Waals surface area contributed by atoms with Crippen LogP contribution in [0.2, 0.25) is 0 Å². The average molecular weight is 317 g/mol. The second-order valence-corrected chi connectivity index (χ2v) is 4.51. The molecule has 0 saturated carbocycles. The van der Waals surface area contributed by atoms with E-state index in [-0.39, 0.29) is 0 Å². The van der Waals surface area contributed by atoms with Crippen LogP contribution in [0.5, 0.6) is 11.5 Å². The molecule has 1 heterocycles. The maximum atomic E-state index is 11.2. The molecule has 122 valence electrons. The predicted molar refractivity (Wildman–Crippen MR) is 87.4 cm³/mol. The Hall–Kier alpha value is -2.90. The van der Waals surface area contributed by atoms with Crippen LogP contribution in [0.4, 0.5) is 5.82 Å². The molecule has 1 aromatic carbocycles. The quantitative estimate of drug-likeness (QED) is 0.595. The molecule has 0 spiro atoms. The molecule has 2 rings (SSSR count). The number of hydrogen-bond acceptors (Lipinski definition) is 7. The molecule has 2 N–H and O–H groups in total. The fourth-order valence-electron chi connectivity index (χ4n) is 1.82. The van der Waals surface area contributed by atoms with Gasteiger partial charge in [0.2, 0.25) is 0 Å². The molecule has 0 aliphatic rings. The number of aryl methyl sites for hydroxylation is 1. The van der Waals surface area contributed by atoms with E-state index in [4.69, 9.17) is 9.47 Å². The van der Waals surface area contributed by atoms with Crippen molar-refractivity contribution in [2.75, 3.05) is 18.6 Å². The van der Waals surface area contributed by atoms with Crippen molar-refractivity contribution >= 4 is 12.0 Å². The van der Waals surface area contributed by atoms with Gasteiger partial charge in [-0.05, 0) is 32.9 Å². The van der Waals surface area contributed by atoms with Crippen molar-refractivity contribution in [3.8, 4) is 11.5 Å². The van der Waals surface area contributed by atoms with Gasteiger partial charge >= 0.3 is 5.69 Å². The maximum Gasteiger partial charge on any atom is 0.363 e. The monoisotopic (exact) mass is 317 g/mol. The van der Waals surface area contributed by atoms with Gasteiger partial charge in [-0.15, -0.1) is 0 Å². The number of ether oxygens (including phenoxy) is 2. The summed E-state index contributed by atoms with van der Waals surface area (Å²) in [5, 5.41) is 10.1. The summed E-state index contributed by atoms with van der Waals surface area (Å²) in [4.78, 5) is 14.9. The highest BCUT2D eigenvalue weighted by Gasteiger charge is 2.05. The molecular formula is C15H19N5O3. The summed E-state index contributed by atoms with van der Waals surface area (Å²) in [7, 11) is 0. The van der Waals surface area contributed by atoms with Crippen LogP contribution < -0.4 is 20.6 Å². The third-order valence-electron chi connectivity index (χ3n) is 2.85. The molecule has 0 unspecified atom stereocenters. The summed E-state index contributed by atoms with van der Waals surface area (Å²) in [5.74, 6) is 1.70. The van der Waals surface area contributed by atoms with Crippen LogP contribution in [0.25, 0.3) is 0 Å². The summed E-state index contributed by atoms with van der Waals surface area (Å²) in [6.45, 7) is 6.65. The first kappa shape index (κ1) is 16.5. The second-order valence-electron chi connectivity index (χ2n) is 4.51. The zero-order valence-corrected chi connectivity index (χ0v) is 13.3. The van der Waals surface area contributed by atoms with Gasteiger partial charge in [0.15, 0.2) is 5.82 Å². The van der Waals surface area contributed by atoms with E-state index in [1.165, 1.54) is 0 Å². The summed E-state index contributed by atoms with van der Waals surface area (Å²) in [5.41, 5.74) is 3.48. The lowest BCUT2D eigenvalue weighted by Gasteiger charge is -2.10. The molecular weight excluding hydrogens is 298 g/mol. The molecule has 0 saturated heterocycles. The number of benzene rings is 1. The number of aromatic nitrogens is 3. The van der Waals surface area contributed by atoms with Crippen LogP contribution in [-0.2, 0) is 0 Å². The first-order valence-corrected chi connectivity index (χ1v) is 7.26. The molecule has 0 aliphatic carbocycles. The highest BCUT2D eigenvalue weighted by molar-refractivity contribution is 5.84. The average Bonchev–Trinajstić information content (AvgIpc) is 2.53. The molecule has 8 nitrogen and oxygen atoms in total. The molecule has 2 aromatic rings. The lowest BCUT2D eigenvalue weighted by atomic mass is 10.2. The van der Waals surface area contributed by atoms with Gasteiger partial charge in [-0.25, -0.2) is 9.89 Å². The summed E-state index contributed by atoms with van der Waals surface area (Å²) in [6, 6.07) is 5.50. The minimum absolute atomic E-state index is 0.300. The van der Waals surface area contributed by atoms with Crippen molar-refractivity contribution in [3.05, 3.63) is 39.9 Å². The number of H-pyrrole nitrogens is 1. The molecule has 0 aliphatic heterocycles. The topological polar surface area (TPSA) is 101 Å². The Bertz CT molecular complexity index is 742. The third-order valence-corrected chi connectivity index (χ3v) is 2.85. The Morgan fingerprint density at radius 1 is 1.30 bits per heavy atom. The Kier molecular flexibility index (Phi) is 5.67. The van der Waals surface area contributed by atoms with E-state index in [0.717, 1.165) is 11.3 Å². The standard InChI is InChI=1S/C15H19N5O3/c1-4-22-12-7-6-11(13(8-12)23-5-2)9-16-19-14-10(3)18-20-15(21)17-14/h6-9H,4-5H2,1-3H3,(H2,17,19,20,21)/b16-9+. The van der Waals surface area contributed by atoms with Gasteiger partial charge in [0.05, 0.1) is 19.4 Å². The first-order chi connectivity index (χ1) is 11.1. The number of anilines is 1. The van der Waals surface area contributed by atoms with E-state index >= 15 is 0 Å². The summed E-state index contributed by atoms with van der Waals surface area (Å²) in [6.07, 6.45) is 1.59. The minimum Gasteiger partial charge on any atom is -0.494 e. The van der Waals surface area contributed by atoms with E-state index < -0.39 is 5.69 Å². The number of nitrogens with zero attached hydrogens (tertiary/aromatic N) is 3. The van der Waals surface area contributed by atoms with Crippen molar-refractivity contribution in [3.63, 3.8) is 0 Å². The first-order valence-electron chi connectivity index (χ1n) is 7.26. The molecule has 0 radical (unpaired) electrons. The smallest absolute Gasteiger partial charge is 0.363 e. The van der Waals surface area contributed by atoms with E-state index in [2.05, 4.69) is 25.7 Å². The highest BCUT2D eigenvalue weighted by Crippen LogP contribution is 2.24. The van der Waals surface area contributed by atoms with Crippen molar-refractivity contribution in [2.45, 2.75) is 20.8 Å². The molecule has 23 heavy (non-hydrogen) atoms. The minimum atomic E-state index is -0.538.